The number of hydrogen-bond acceptors (Lipinski definition) is 5. The van der Waals surface area contributed by atoms with Gasteiger partial charge in [-0.2, -0.15) is 0 Å². The fourth-order valence-electron chi connectivity index (χ4n) is 4.89. The van der Waals surface area contributed by atoms with Crippen molar-refractivity contribution >= 4 is 23.2 Å². The number of carbonyl (C=O) groups is 2. The molecule has 0 fully saturated rings. The van der Waals surface area contributed by atoms with Crippen LogP contribution in [0.3, 0.4) is 0 Å². The standard InChI is InChI=1S/C26H22N2O5/c1-2-16-7-9-17(10-8-16)27-24(29)13-28-20-6-4-3-5-18(20)26(25(28)30)14-31-21-12-23-22(11-19(21)26)32-15-33-23/h3-12H,2,13-15H2,1H3,(H,27,29). The van der Waals surface area contributed by atoms with Crippen molar-refractivity contribution < 1.29 is 23.8 Å². The SMILES string of the molecule is CCc1ccc(NC(=O)CN2C(=O)C3(COc4cc5c(cc43)OCO5)c3ccccc32)cc1. The summed E-state index contributed by atoms with van der Waals surface area (Å²) in [6.07, 6.45) is 0.930. The first-order chi connectivity index (χ1) is 16.1. The molecule has 1 atom stereocenters. The molecule has 0 saturated carbocycles. The number of hydrogen-bond donors (Lipinski definition) is 1. The van der Waals surface area contributed by atoms with Crippen LogP contribution in [0.5, 0.6) is 17.2 Å². The van der Waals surface area contributed by atoms with Crippen molar-refractivity contribution in [3.8, 4) is 17.2 Å². The van der Waals surface area contributed by atoms with E-state index in [-0.39, 0.29) is 31.8 Å². The second-order valence-corrected chi connectivity index (χ2v) is 8.40. The van der Waals surface area contributed by atoms with Gasteiger partial charge in [0.25, 0.3) is 0 Å². The van der Waals surface area contributed by atoms with Crippen molar-refractivity contribution in [1.29, 1.82) is 0 Å². The lowest BCUT2D eigenvalue weighted by atomic mass is 9.77. The van der Waals surface area contributed by atoms with Crippen LogP contribution >= 0.6 is 0 Å². The van der Waals surface area contributed by atoms with Gasteiger partial charge in [0.15, 0.2) is 11.5 Å². The minimum atomic E-state index is -1.02. The Morgan fingerprint density at radius 2 is 1.73 bits per heavy atom. The van der Waals surface area contributed by atoms with Crippen LogP contribution in [0, 0.1) is 0 Å². The molecular formula is C26H22N2O5. The summed E-state index contributed by atoms with van der Waals surface area (Å²) in [7, 11) is 0. The lowest BCUT2D eigenvalue weighted by Crippen LogP contribution is -2.45. The van der Waals surface area contributed by atoms with Crippen LogP contribution in [0.1, 0.15) is 23.6 Å². The van der Waals surface area contributed by atoms with Crippen LogP contribution in [0.2, 0.25) is 0 Å². The molecule has 0 aliphatic carbocycles. The number of amides is 2. The molecule has 166 valence electrons. The molecule has 33 heavy (non-hydrogen) atoms. The molecule has 3 aromatic rings. The van der Waals surface area contributed by atoms with Crippen molar-refractivity contribution in [3.05, 3.63) is 77.4 Å². The number of para-hydroxylation sites is 1. The second kappa shape index (κ2) is 7.27. The van der Waals surface area contributed by atoms with E-state index in [4.69, 9.17) is 14.2 Å². The van der Waals surface area contributed by atoms with Gasteiger partial charge >= 0.3 is 0 Å². The largest absolute Gasteiger partial charge is 0.491 e. The topological polar surface area (TPSA) is 77.1 Å². The van der Waals surface area contributed by atoms with Crippen molar-refractivity contribution in [3.63, 3.8) is 0 Å². The third kappa shape index (κ3) is 2.88. The summed E-state index contributed by atoms with van der Waals surface area (Å²) in [4.78, 5) is 28.4. The van der Waals surface area contributed by atoms with Crippen molar-refractivity contribution in [2.75, 3.05) is 30.2 Å². The quantitative estimate of drug-likeness (QED) is 0.668. The van der Waals surface area contributed by atoms with Crippen LogP contribution in [0.25, 0.3) is 0 Å². The van der Waals surface area contributed by atoms with Crippen LogP contribution in [0.15, 0.2) is 60.7 Å². The first kappa shape index (κ1) is 19.7. The molecule has 2 amide bonds. The average Bonchev–Trinajstić information content (AvgIpc) is 3.51. The third-order valence-electron chi connectivity index (χ3n) is 6.59. The highest BCUT2D eigenvalue weighted by Crippen LogP contribution is 2.54. The van der Waals surface area contributed by atoms with Crippen molar-refractivity contribution in [2.24, 2.45) is 0 Å². The fourth-order valence-corrected chi connectivity index (χ4v) is 4.89. The summed E-state index contributed by atoms with van der Waals surface area (Å²) in [6.45, 7) is 2.30. The number of ether oxygens (including phenoxy) is 3. The molecule has 1 spiro atoms. The molecule has 6 rings (SSSR count). The number of carbonyl (C=O) groups excluding carboxylic acids is 2. The maximum atomic E-state index is 13.9. The molecule has 3 aliphatic heterocycles. The minimum absolute atomic E-state index is 0.0903. The van der Waals surface area contributed by atoms with Gasteiger partial charge in [-0.05, 0) is 41.8 Å². The van der Waals surface area contributed by atoms with Gasteiger partial charge in [-0.15, -0.1) is 0 Å². The first-order valence-electron chi connectivity index (χ1n) is 11.0. The fraction of sp³-hybridized carbons (Fsp3) is 0.231. The lowest BCUT2D eigenvalue weighted by molar-refractivity contribution is -0.124. The smallest absolute Gasteiger partial charge is 0.246 e. The predicted molar refractivity (Wildman–Crippen MR) is 122 cm³/mol. The zero-order chi connectivity index (χ0) is 22.6. The van der Waals surface area contributed by atoms with Gasteiger partial charge in [-0.25, -0.2) is 0 Å². The Hall–Kier alpha value is -4.00. The van der Waals surface area contributed by atoms with E-state index in [0.717, 1.165) is 17.5 Å². The first-order valence-corrected chi connectivity index (χ1v) is 11.0. The number of rotatable bonds is 4. The van der Waals surface area contributed by atoms with Crippen LogP contribution < -0.4 is 24.4 Å². The number of nitrogens with one attached hydrogen (secondary N) is 1. The molecule has 1 N–H and O–H groups in total. The Morgan fingerprint density at radius 3 is 2.52 bits per heavy atom. The second-order valence-electron chi connectivity index (χ2n) is 8.40. The molecule has 0 saturated heterocycles. The molecule has 7 nitrogen and oxygen atoms in total. The predicted octanol–water partition coefficient (Wildman–Crippen LogP) is 3.64. The molecule has 0 aromatic heterocycles. The summed E-state index contributed by atoms with van der Waals surface area (Å²) in [6, 6.07) is 18.9. The van der Waals surface area contributed by atoms with E-state index >= 15 is 0 Å². The van der Waals surface area contributed by atoms with Gasteiger partial charge in [-0.1, -0.05) is 37.3 Å². The van der Waals surface area contributed by atoms with Gasteiger partial charge in [0.1, 0.15) is 24.3 Å². The molecule has 3 aliphatic rings. The molecule has 3 heterocycles. The Labute approximate surface area is 190 Å². The Bertz CT molecular complexity index is 1290. The molecule has 1 unspecified atom stereocenters. The average molecular weight is 442 g/mol. The zero-order valence-corrected chi connectivity index (χ0v) is 18.1. The highest BCUT2D eigenvalue weighted by atomic mass is 16.7. The van der Waals surface area contributed by atoms with E-state index in [1.165, 1.54) is 5.56 Å². The molecule has 7 heteroatoms. The minimum Gasteiger partial charge on any atom is -0.491 e. The van der Waals surface area contributed by atoms with Crippen molar-refractivity contribution in [2.45, 2.75) is 18.8 Å². The van der Waals surface area contributed by atoms with E-state index in [2.05, 4.69) is 12.2 Å². The number of nitrogens with zero attached hydrogens (tertiary/aromatic N) is 1. The normalized spacial score (nSPS) is 19.4. The zero-order valence-electron chi connectivity index (χ0n) is 18.1. The van der Waals surface area contributed by atoms with Crippen LogP contribution in [-0.4, -0.2) is 31.8 Å². The van der Waals surface area contributed by atoms with Crippen LogP contribution in [0.4, 0.5) is 11.4 Å². The summed E-state index contributed by atoms with van der Waals surface area (Å²) in [5, 5.41) is 2.90. The summed E-state index contributed by atoms with van der Waals surface area (Å²) < 4.78 is 17.0. The van der Waals surface area contributed by atoms with Gasteiger partial charge in [0, 0.05) is 23.0 Å². The summed E-state index contributed by atoms with van der Waals surface area (Å²) in [5.74, 6) is 1.36. The van der Waals surface area contributed by atoms with E-state index in [9.17, 15) is 9.59 Å². The number of aryl methyl sites for hydroxylation is 1. The monoisotopic (exact) mass is 442 g/mol. The van der Waals surface area contributed by atoms with Gasteiger partial charge in [-0.3, -0.25) is 9.59 Å². The van der Waals surface area contributed by atoms with Crippen LogP contribution in [-0.2, 0) is 21.4 Å². The Kier molecular flexibility index (Phi) is 4.33. The Balaban J connectivity index is 1.34. The van der Waals surface area contributed by atoms with E-state index in [1.807, 2.05) is 54.6 Å². The number of anilines is 2. The molecule has 0 bridgehead atoms. The van der Waals surface area contributed by atoms with E-state index in [1.54, 1.807) is 11.0 Å². The molecular weight excluding hydrogens is 420 g/mol. The van der Waals surface area contributed by atoms with Gasteiger partial charge < -0.3 is 24.4 Å². The number of benzene rings is 3. The highest BCUT2D eigenvalue weighted by Gasteiger charge is 2.57. The van der Waals surface area contributed by atoms with E-state index in [0.29, 0.717) is 28.6 Å². The maximum absolute atomic E-state index is 13.9. The number of fused-ring (bicyclic) bond motifs is 5. The molecule has 0 radical (unpaired) electrons. The van der Waals surface area contributed by atoms with Gasteiger partial charge in [0.2, 0.25) is 18.6 Å². The van der Waals surface area contributed by atoms with Crippen molar-refractivity contribution in [1.82, 2.24) is 0 Å². The Morgan fingerprint density at radius 1 is 0.970 bits per heavy atom. The maximum Gasteiger partial charge on any atom is 0.246 e. The summed E-state index contributed by atoms with van der Waals surface area (Å²) >= 11 is 0. The third-order valence-corrected chi connectivity index (χ3v) is 6.59. The summed E-state index contributed by atoms with van der Waals surface area (Å²) in [5.41, 5.74) is 3.16. The highest BCUT2D eigenvalue weighted by molar-refractivity contribution is 6.14. The lowest BCUT2D eigenvalue weighted by Gasteiger charge is -2.23. The molecule has 3 aromatic carbocycles. The van der Waals surface area contributed by atoms with E-state index < -0.39 is 5.41 Å². The van der Waals surface area contributed by atoms with Gasteiger partial charge in [0.05, 0.1) is 0 Å².